The fourth-order valence-electron chi connectivity index (χ4n) is 6.61. The third-order valence-corrected chi connectivity index (χ3v) is 9.74. The Hall–Kier alpha value is -5.52. The van der Waals surface area contributed by atoms with Crippen LogP contribution in [0.5, 0.6) is 0 Å². The van der Waals surface area contributed by atoms with Crippen molar-refractivity contribution in [3.63, 3.8) is 0 Å². The predicted octanol–water partition coefficient (Wildman–Crippen LogP) is 10.7. The van der Waals surface area contributed by atoms with Crippen LogP contribution in [0.25, 0.3) is 92.0 Å². The molecule has 5 heteroatoms. The van der Waals surface area contributed by atoms with Crippen LogP contribution in [-0.2, 0) is 0 Å². The van der Waals surface area contributed by atoms with Gasteiger partial charge in [0, 0.05) is 41.9 Å². The smallest absolute Gasteiger partial charge is 0.236 e. The van der Waals surface area contributed by atoms with Gasteiger partial charge >= 0.3 is 0 Å². The molecule has 4 heterocycles. The van der Waals surface area contributed by atoms with E-state index in [4.69, 9.17) is 14.4 Å². The molecule has 0 bridgehead atoms. The molecule has 0 spiro atoms. The van der Waals surface area contributed by atoms with Gasteiger partial charge in [-0.05, 0) is 53.2 Å². The van der Waals surface area contributed by atoms with Crippen LogP contribution in [0.1, 0.15) is 0 Å². The van der Waals surface area contributed by atoms with Crippen LogP contribution in [0.3, 0.4) is 0 Å². The molecule has 4 aromatic heterocycles. The highest BCUT2D eigenvalue weighted by atomic mass is 32.1. The van der Waals surface area contributed by atoms with Gasteiger partial charge in [0.1, 0.15) is 16.8 Å². The highest BCUT2D eigenvalue weighted by molar-refractivity contribution is 7.25. The van der Waals surface area contributed by atoms with Gasteiger partial charge in [0.2, 0.25) is 5.95 Å². The number of hydrogen-bond acceptors (Lipinski definition) is 4. The molecule has 43 heavy (non-hydrogen) atoms. The number of fused-ring (bicyclic) bond motifs is 10. The van der Waals surface area contributed by atoms with Gasteiger partial charge in [-0.15, -0.1) is 11.3 Å². The summed E-state index contributed by atoms with van der Waals surface area (Å²) in [6.07, 6.45) is 0. The third-order valence-electron chi connectivity index (χ3n) is 8.60. The second-order valence-electron chi connectivity index (χ2n) is 11.0. The summed E-state index contributed by atoms with van der Waals surface area (Å²) in [5.74, 6) is 0.632. The van der Waals surface area contributed by atoms with E-state index in [1.807, 2.05) is 29.5 Å². The zero-order valence-corrected chi connectivity index (χ0v) is 23.6. The van der Waals surface area contributed by atoms with E-state index in [1.165, 1.54) is 36.3 Å². The molecule has 0 fully saturated rings. The third kappa shape index (κ3) is 3.25. The van der Waals surface area contributed by atoms with E-state index in [-0.39, 0.29) is 0 Å². The summed E-state index contributed by atoms with van der Waals surface area (Å²) in [6, 6.07) is 44.9. The Labute approximate surface area is 249 Å². The lowest BCUT2D eigenvalue weighted by Crippen LogP contribution is -2.02. The molecule has 0 radical (unpaired) electrons. The number of aromatic nitrogens is 3. The molecule has 0 atom stereocenters. The summed E-state index contributed by atoms with van der Waals surface area (Å²) in [7, 11) is 0. The van der Waals surface area contributed by atoms with E-state index in [9.17, 15) is 0 Å². The molecule has 0 unspecified atom stereocenters. The van der Waals surface area contributed by atoms with E-state index >= 15 is 0 Å². The quantitative estimate of drug-likeness (QED) is 0.209. The molecule has 0 saturated heterocycles. The molecule has 10 aromatic rings. The molecule has 0 aliphatic carbocycles. The summed E-state index contributed by atoms with van der Waals surface area (Å²) in [4.78, 5) is 10.6. The number of furan rings is 1. The fraction of sp³-hybridized carbons (Fsp3) is 0. The lowest BCUT2D eigenvalue weighted by atomic mass is 10.0. The molecule has 0 N–H and O–H groups in total. The second kappa shape index (κ2) is 8.51. The maximum absolute atomic E-state index is 6.46. The number of nitrogens with zero attached hydrogens (tertiary/aromatic N) is 3. The molecule has 0 aliphatic heterocycles. The lowest BCUT2D eigenvalue weighted by molar-refractivity contribution is 0.666. The predicted molar refractivity (Wildman–Crippen MR) is 179 cm³/mol. The Morgan fingerprint density at radius 3 is 2.23 bits per heavy atom. The van der Waals surface area contributed by atoms with Crippen molar-refractivity contribution >= 4 is 86.2 Å². The monoisotopic (exact) mass is 567 g/mol. The number of hydrogen-bond donors (Lipinski definition) is 0. The van der Waals surface area contributed by atoms with Crippen molar-refractivity contribution < 1.29 is 4.42 Å². The van der Waals surface area contributed by atoms with Crippen molar-refractivity contribution in [2.24, 2.45) is 0 Å². The first-order chi connectivity index (χ1) is 21.3. The minimum atomic E-state index is 0.632. The van der Waals surface area contributed by atoms with Crippen molar-refractivity contribution in [1.82, 2.24) is 14.5 Å². The summed E-state index contributed by atoms with van der Waals surface area (Å²) in [5.41, 5.74) is 6.28. The zero-order valence-electron chi connectivity index (χ0n) is 22.8. The summed E-state index contributed by atoms with van der Waals surface area (Å²) >= 11 is 1.84. The minimum absolute atomic E-state index is 0.632. The Kier molecular flexibility index (Phi) is 4.57. The zero-order chi connectivity index (χ0) is 28.1. The van der Waals surface area contributed by atoms with E-state index in [1.54, 1.807) is 0 Å². The van der Waals surface area contributed by atoms with Crippen LogP contribution in [0.15, 0.2) is 132 Å². The number of para-hydroxylation sites is 2. The molecule has 0 aliphatic rings. The molecular formula is C38H21N3OS. The standard InChI is InChI=1S/C38H21N3OS/c1-2-10-23-19-24(18-17-22(23)9-1)35-37-36(27-13-4-7-15-32(27)42-37)40-38(39-35)41-30-14-6-3-11-25(30)28-21-34-29(20-31(28)41)26-12-5-8-16-33(26)43-34/h1-21H. The van der Waals surface area contributed by atoms with Gasteiger partial charge in [-0.25, -0.2) is 9.97 Å². The molecule has 4 nitrogen and oxygen atoms in total. The first-order valence-corrected chi connectivity index (χ1v) is 15.2. The van der Waals surface area contributed by atoms with Crippen molar-refractivity contribution in [3.8, 4) is 17.2 Å². The Bertz CT molecular complexity index is 2750. The first kappa shape index (κ1) is 23.1. The molecule has 6 aromatic carbocycles. The van der Waals surface area contributed by atoms with E-state index < -0.39 is 0 Å². The van der Waals surface area contributed by atoms with Crippen molar-refractivity contribution in [3.05, 3.63) is 127 Å². The molecule has 0 saturated carbocycles. The van der Waals surface area contributed by atoms with Crippen LogP contribution in [0.4, 0.5) is 0 Å². The number of benzene rings is 6. The summed E-state index contributed by atoms with van der Waals surface area (Å²) in [6.45, 7) is 0. The van der Waals surface area contributed by atoms with Gasteiger partial charge in [-0.2, -0.15) is 0 Å². The van der Waals surface area contributed by atoms with E-state index in [2.05, 4.69) is 114 Å². The molecule has 0 amide bonds. The SMILES string of the molecule is c1ccc2cc(-c3nc(-n4c5ccccc5c5cc6sc7ccccc7c6cc54)nc4c3oc3ccccc34)ccc2c1. The number of rotatable bonds is 2. The topological polar surface area (TPSA) is 43.9 Å². The molecule has 200 valence electrons. The fourth-order valence-corrected chi connectivity index (χ4v) is 7.74. The maximum atomic E-state index is 6.46. The van der Waals surface area contributed by atoms with E-state index in [0.717, 1.165) is 44.2 Å². The van der Waals surface area contributed by atoms with Crippen LogP contribution >= 0.6 is 11.3 Å². The maximum Gasteiger partial charge on any atom is 0.236 e. The van der Waals surface area contributed by atoms with Gasteiger partial charge in [0.15, 0.2) is 5.58 Å². The average Bonchev–Trinajstić information content (AvgIpc) is 3.72. The Morgan fingerprint density at radius 1 is 0.535 bits per heavy atom. The normalized spacial score (nSPS) is 12.2. The van der Waals surface area contributed by atoms with Crippen molar-refractivity contribution in [2.45, 2.75) is 0 Å². The van der Waals surface area contributed by atoms with Gasteiger partial charge in [0.05, 0.1) is 11.0 Å². The lowest BCUT2D eigenvalue weighted by Gasteiger charge is -2.10. The summed E-state index contributed by atoms with van der Waals surface area (Å²) < 4.78 is 11.3. The highest BCUT2D eigenvalue weighted by Crippen LogP contribution is 2.41. The largest absolute Gasteiger partial charge is 0.452 e. The van der Waals surface area contributed by atoms with Crippen molar-refractivity contribution in [2.75, 3.05) is 0 Å². The second-order valence-corrected chi connectivity index (χ2v) is 12.1. The van der Waals surface area contributed by atoms with Crippen LogP contribution in [-0.4, -0.2) is 14.5 Å². The summed E-state index contributed by atoms with van der Waals surface area (Å²) in [5, 5.41) is 8.24. The van der Waals surface area contributed by atoms with Gasteiger partial charge in [0.25, 0.3) is 0 Å². The Balaban J connectivity index is 1.35. The van der Waals surface area contributed by atoms with E-state index in [0.29, 0.717) is 11.5 Å². The van der Waals surface area contributed by atoms with Crippen LogP contribution < -0.4 is 0 Å². The minimum Gasteiger partial charge on any atom is -0.452 e. The van der Waals surface area contributed by atoms with Gasteiger partial charge < -0.3 is 4.42 Å². The van der Waals surface area contributed by atoms with Crippen molar-refractivity contribution in [1.29, 1.82) is 0 Å². The molecule has 10 rings (SSSR count). The first-order valence-electron chi connectivity index (χ1n) is 14.3. The number of thiophene rings is 1. The van der Waals surface area contributed by atoms with Crippen LogP contribution in [0.2, 0.25) is 0 Å². The Morgan fingerprint density at radius 2 is 1.30 bits per heavy atom. The van der Waals surface area contributed by atoms with Crippen LogP contribution in [0, 0.1) is 0 Å². The average molecular weight is 568 g/mol. The van der Waals surface area contributed by atoms with Gasteiger partial charge in [-0.3, -0.25) is 4.57 Å². The van der Waals surface area contributed by atoms with Gasteiger partial charge in [-0.1, -0.05) is 84.9 Å². The highest BCUT2D eigenvalue weighted by Gasteiger charge is 2.22. The molecular weight excluding hydrogens is 547 g/mol.